The van der Waals surface area contributed by atoms with Crippen LogP contribution in [0.2, 0.25) is 0 Å². The summed E-state index contributed by atoms with van der Waals surface area (Å²) < 4.78 is 2.16. The zero-order chi connectivity index (χ0) is 11.5. The van der Waals surface area contributed by atoms with E-state index in [0.29, 0.717) is 0 Å². The number of nitrogens with zero attached hydrogens (tertiary/aromatic N) is 2. The maximum Gasteiger partial charge on any atom is 0.142 e. The Bertz CT molecular complexity index is 484. The second-order valence-corrected chi connectivity index (χ2v) is 6.16. The van der Waals surface area contributed by atoms with Crippen LogP contribution in [0.5, 0.6) is 0 Å². The van der Waals surface area contributed by atoms with Gasteiger partial charge in [-0.05, 0) is 50.1 Å². The number of hydrogen-bond acceptors (Lipinski definition) is 3. The predicted molar refractivity (Wildman–Crippen MR) is 76.1 cm³/mol. The van der Waals surface area contributed by atoms with E-state index in [-0.39, 0.29) is 0 Å². The Balaban J connectivity index is 2.14. The van der Waals surface area contributed by atoms with Crippen molar-refractivity contribution in [3.8, 4) is 0 Å². The first-order valence-electron chi connectivity index (χ1n) is 4.71. The standard InChI is InChI=1S/C11H10Br2N2S/c1-15(6-9-5-8(12)7-16-9)11-10(13)3-2-4-14-11/h2-5,7H,6H2,1H3. The lowest BCUT2D eigenvalue weighted by Crippen LogP contribution is -2.17. The number of aromatic nitrogens is 1. The lowest BCUT2D eigenvalue weighted by molar-refractivity contribution is 0.908. The highest BCUT2D eigenvalue weighted by molar-refractivity contribution is 9.10. The van der Waals surface area contributed by atoms with Gasteiger partial charge in [0.1, 0.15) is 5.82 Å². The van der Waals surface area contributed by atoms with Gasteiger partial charge in [-0.1, -0.05) is 0 Å². The lowest BCUT2D eigenvalue weighted by atomic mass is 10.4. The van der Waals surface area contributed by atoms with E-state index in [1.165, 1.54) is 4.88 Å². The van der Waals surface area contributed by atoms with E-state index in [1.807, 2.05) is 19.2 Å². The molecule has 16 heavy (non-hydrogen) atoms. The van der Waals surface area contributed by atoms with Gasteiger partial charge in [0.25, 0.3) is 0 Å². The van der Waals surface area contributed by atoms with Gasteiger partial charge in [0.2, 0.25) is 0 Å². The summed E-state index contributed by atoms with van der Waals surface area (Å²) >= 11 is 8.71. The van der Waals surface area contributed by atoms with Crippen molar-refractivity contribution in [1.29, 1.82) is 0 Å². The SMILES string of the molecule is CN(Cc1cc(Br)cs1)c1ncccc1Br. The highest BCUT2D eigenvalue weighted by Gasteiger charge is 2.08. The normalized spacial score (nSPS) is 10.4. The largest absolute Gasteiger partial charge is 0.354 e. The molecule has 0 aliphatic carbocycles. The Morgan fingerprint density at radius 2 is 2.25 bits per heavy atom. The molecule has 2 aromatic heterocycles. The van der Waals surface area contributed by atoms with Crippen LogP contribution < -0.4 is 4.90 Å². The molecule has 0 spiro atoms. The van der Waals surface area contributed by atoms with Gasteiger partial charge in [-0.2, -0.15) is 0 Å². The van der Waals surface area contributed by atoms with Crippen molar-refractivity contribution in [3.05, 3.63) is 43.6 Å². The molecule has 0 atom stereocenters. The zero-order valence-corrected chi connectivity index (χ0v) is 12.6. The molecule has 0 aromatic carbocycles. The first-order valence-corrected chi connectivity index (χ1v) is 7.18. The molecule has 0 amide bonds. The topological polar surface area (TPSA) is 16.1 Å². The Morgan fingerprint density at radius 3 is 2.88 bits per heavy atom. The molecule has 0 unspecified atom stereocenters. The molecular formula is C11H10Br2N2S. The number of thiophene rings is 1. The molecule has 0 aliphatic heterocycles. The molecule has 0 N–H and O–H groups in total. The summed E-state index contributed by atoms with van der Waals surface area (Å²) in [6, 6.07) is 6.06. The quantitative estimate of drug-likeness (QED) is 0.809. The van der Waals surface area contributed by atoms with Crippen molar-refractivity contribution in [3.63, 3.8) is 0 Å². The van der Waals surface area contributed by atoms with Gasteiger partial charge in [0, 0.05) is 28.0 Å². The lowest BCUT2D eigenvalue weighted by Gasteiger charge is -2.18. The molecule has 2 aromatic rings. The minimum absolute atomic E-state index is 0.867. The van der Waals surface area contributed by atoms with Gasteiger partial charge < -0.3 is 4.90 Å². The Kier molecular flexibility index (Phi) is 4.00. The van der Waals surface area contributed by atoms with Crippen LogP contribution in [0.15, 0.2) is 38.7 Å². The molecule has 2 heterocycles. The average Bonchev–Trinajstić information content (AvgIpc) is 2.64. The molecule has 84 valence electrons. The highest BCUT2D eigenvalue weighted by Crippen LogP contribution is 2.26. The zero-order valence-electron chi connectivity index (χ0n) is 8.65. The number of rotatable bonds is 3. The number of hydrogen-bond donors (Lipinski definition) is 0. The van der Waals surface area contributed by atoms with E-state index >= 15 is 0 Å². The molecule has 0 fully saturated rings. The summed E-state index contributed by atoms with van der Waals surface area (Å²) in [5.74, 6) is 0.965. The maximum atomic E-state index is 4.35. The smallest absolute Gasteiger partial charge is 0.142 e. The second kappa shape index (κ2) is 5.29. The van der Waals surface area contributed by atoms with Gasteiger partial charge >= 0.3 is 0 Å². The van der Waals surface area contributed by atoms with E-state index < -0.39 is 0 Å². The van der Waals surface area contributed by atoms with E-state index in [2.05, 4.69) is 53.2 Å². The second-order valence-electron chi connectivity index (χ2n) is 3.40. The molecule has 0 saturated heterocycles. The third kappa shape index (κ3) is 2.84. The molecular weight excluding hydrogens is 352 g/mol. The first kappa shape index (κ1) is 12.1. The van der Waals surface area contributed by atoms with E-state index in [4.69, 9.17) is 0 Å². The molecule has 0 radical (unpaired) electrons. The molecule has 0 saturated carbocycles. The first-order chi connectivity index (χ1) is 7.66. The fraction of sp³-hybridized carbons (Fsp3) is 0.182. The van der Waals surface area contributed by atoms with Gasteiger partial charge in [0.15, 0.2) is 0 Å². The Labute approximate surface area is 116 Å². The van der Waals surface area contributed by atoms with Gasteiger partial charge in [0.05, 0.1) is 11.0 Å². The summed E-state index contributed by atoms with van der Waals surface area (Å²) in [7, 11) is 2.04. The van der Waals surface area contributed by atoms with Crippen molar-refractivity contribution in [2.24, 2.45) is 0 Å². The van der Waals surface area contributed by atoms with Crippen LogP contribution in [0.25, 0.3) is 0 Å². The summed E-state index contributed by atoms with van der Waals surface area (Å²) in [5, 5.41) is 2.09. The molecule has 5 heteroatoms. The van der Waals surface area contributed by atoms with E-state index in [1.54, 1.807) is 17.5 Å². The van der Waals surface area contributed by atoms with Crippen LogP contribution in [-0.2, 0) is 6.54 Å². The van der Waals surface area contributed by atoms with Crippen molar-refractivity contribution < 1.29 is 0 Å². The number of anilines is 1. The summed E-state index contributed by atoms with van der Waals surface area (Å²) in [6.07, 6.45) is 1.81. The molecule has 0 bridgehead atoms. The number of pyridine rings is 1. The van der Waals surface area contributed by atoms with Crippen molar-refractivity contribution >= 4 is 49.0 Å². The van der Waals surface area contributed by atoms with Crippen LogP contribution in [0.4, 0.5) is 5.82 Å². The van der Waals surface area contributed by atoms with Crippen LogP contribution in [0.1, 0.15) is 4.88 Å². The number of halogens is 2. The molecule has 2 nitrogen and oxygen atoms in total. The highest BCUT2D eigenvalue weighted by atomic mass is 79.9. The van der Waals surface area contributed by atoms with Crippen molar-refractivity contribution in [2.45, 2.75) is 6.54 Å². The predicted octanol–water partition coefficient (Wildman–Crippen LogP) is 4.30. The summed E-state index contributed by atoms with van der Waals surface area (Å²) in [4.78, 5) is 7.79. The van der Waals surface area contributed by atoms with E-state index in [9.17, 15) is 0 Å². The van der Waals surface area contributed by atoms with Crippen LogP contribution >= 0.6 is 43.2 Å². The van der Waals surface area contributed by atoms with Gasteiger partial charge in [-0.15, -0.1) is 11.3 Å². The van der Waals surface area contributed by atoms with E-state index in [0.717, 1.165) is 21.3 Å². The Hall–Kier alpha value is -0.390. The van der Waals surface area contributed by atoms with Crippen molar-refractivity contribution in [1.82, 2.24) is 4.98 Å². The third-order valence-corrected chi connectivity index (χ3v) is 4.42. The third-order valence-electron chi connectivity index (χ3n) is 2.12. The van der Waals surface area contributed by atoms with Gasteiger partial charge in [-0.25, -0.2) is 4.98 Å². The fourth-order valence-electron chi connectivity index (χ4n) is 1.40. The average molecular weight is 362 g/mol. The van der Waals surface area contributed by atoms with Crippen LogP contribution in [0.3, 0.4) is 0 Å². The van der Waals surface area contributed by atoms with Crippen molar-refractivity contribution in [2.75, 3.05) is 11.9 Å². The van der Waals surface area contributed by atoms with Gasteiger partial charge in [-0.3, -0.25) is 0 Å². The molecule has 0 aliphatic rings. The monoisotopic (exact) mass is 360 g/mol. The minimum atomic E-state index is 0.867. The molecule has 2 rings (SSSR count). The fourth-order valence-corrected chi connectivity index (χ4v) is 3.46. The summed E-state index contributed by atoms with van der Waals surface area (Å²) in [6.45, 7) is 0.867. The van der Waals surface area contributed by atoms with Crippen LogP contribution in [-0.4, -0.2) is 12.0 Å². The summed E-state index contributed by atoms with van der Waals surface area (Å²) in [5.41, 5.74) is 0. The minimum Gasteiger partial charge on any atom is -0.354 e. The maximum absolute atomic E-state index is 4.35. The Morgan fingerprint density at radius 1 is 1.44 bits per heavy atom. The van der Waals surface area contributed by atoms with Crippen LogP contribution in [0, 0.1) is 0 Å².